The lowest BCUT2D eigenvalue weighted by molar-refractivity contribution is -0.133. The number of halogens is 1. The van der Waals surface area contributed by atoms with Gasteiger partial charge in [-0.15, -0.1) is 0 Å². The molecule has 0 aromatic carbocycles. The summed E-state index contributed by atoms with van der Waals surface area (Å²) in [5.74, 6) is -1.09. The van der Waals surface area contributed by atoms with Gasteiger partial charge in [-0.3, -0.25) is 4.79 Å². The van der Waals surface area contributed by atoms with Crippen LogP contribution < -0.4 is 0 Å². The van der Waals surface area contributed by atoms with Crippen molar-refractivity contribution in [3.63, 3.8) is 0 Å². The maximum Gasteiger partial charge on any atom is 0.313 e. The average molecular weight is 188 g/mol. The molecule has 0 heterocycles. The van der Waals surface area contributed by atoms with E-state index in [9.17, 15) is 4.79 Å². The lowest BCUT2D eigenvalue weighted by Gasteiger charge is -1.70. The molecule has 2 nitrogen and oxygen atoms in total. The highest BCUT2D eigenvalue weighted by molar-refractivity contribution is 14.1. The van der Waals surface area contributed by atoms with Crippen LogP contribution in [0.3, 0.4) is 0 Å². The molecule has 5 heavy (non-hydrogen) atoms. The summed E-state index contributed by atoms with van der Waals surface area (Å²) in [5, 5.41) is 7.80. The number of alkyl halides is 1. The third-order valence-electron chi connectivity index (χ3n) is 0.0933. The van der Waals surface area contributed by atoms with Crippen LogP contribution in [0.15, 0.2) is 0 Å². The summed E-state index contributed by atoms with van der Waals surface area (Å²) in [4.78, 5) is 9.50. The third kappa shape index (κ3) is 4.20. The zero-order valence-corrected chi connectivity index (χ0v) is 4.47. The molecule has 1 N–H and O–H groups in total. The van der Waals surface area contributed by atoms with Gasteiger partial charge in [0.25, 0.3) is 0 Å². The van der Waals surface area contributed by atoms with E-state index in [1.807, 2.05) is 0 Å². The number of carboxylic acid groups (broad SMARTS) is 1. The molecule has 0 bridgehead atoms. The van der Waals surface area contributed by atoms with Crippen LogP contribution in [0, 0.1) is 0 Å². The van der Waals surface area contributed by atoms with Crippen molar-refractivity contribution in [3.8, 4) is 0 Å². The highest BCUT2D eigenvalue weighted by Gasteiger charge is 1.82. The van der Waals surface area contributed by atoms with Crippen molar-refractivity contribution < 1.29 is 11.3 Å². The number of hydrogen-bond acceptors (Lipinski definition) is 1. The van der Waals surface area contributed by atoms with Gasteiger partial charge in [0.1, 0.15) is 0 Å². The molecule has 0 fully saturated rings. The highest BCUT2D eigenvalue weighted by Crippen LogP contribution is 1.75. The minimum Gasteiger partial charge on any atom is -0.481 e. The van der Waals surface area contributed by atoms with E-state index in [0.29, 0.717) is 0 Å². The Kier molecular flexibility index (Phi) is 1.65. The smallest absolute Gasteiger partial charge is 0.313 e. The van der Waals surface area contributed by atoms with Crippen LogP contribution in [-0.4, -0.2) is 15.5 Å². The monoisotopic (exact) mass is 188 g/mol. The van der Waals surface area contributed by atoms with Crippen LogP contribution in [0.5, 0.6) is 0 Å². The zero-order chi connectivity index (χ0) is 5.15. The molecule has 0 aliphatic rings. The van der Waals surface area contributed by atoms with Crippen LogP contribution in [0.1, 0.15) is 1.37 Å². The SMILES string of the molecule is [3H]C(I)C(=O)O. The molecule has 0 saturated heterocycles. The Morgan fingerprint density at radius 3 is 2.60 bits per heavy atom. The average Bonchev–Trinajstić information content (AvgIpc) is 1.36. The molecule has 0 amide bonds. The molecule has 0 aliphatic carbocycles. The van der Waals surface area contributed by atoms with Crippen molar-refractivity contribution in [2.24, 2.45) is 0 Å². The molecule has 0 rings (SSSR count). The highest BCUT2D eigenvalue weighted by atomic mass is 127. The van der Waals surface area contributed by atoms with E-state index in [0.717, 1.165) is 0 Å². The quantitative estimate of drug-likeness (QED) is 0.480. The summed E-state index contributed by atoms with van der Waals surface area (Å²) >= 11 is 1.50. The van der Waals surface area contributed by atoms with Crippen molar-refractivity contribution in [1.82, 2.24) is 0 Å². The molecular weight excluding hydrogens is 183 g/mol. The Labute approximate surface area is 44.7 Å². The van der Waals surface area contributed by atoms with Gasteiger partial charge >= 0.3 is 5.97 Å². The van der Waals surface area contributed by atoms with Crippen LogP contribution in [0.4, 0.5) is 0 Å². The Morgan fingerprint density at radius 2 is 2.60 bits per heavy atom. The summed E-state index contributed by atoms with van der Waals surface area (Å²) in [6.45, 7) is 0. The minimum absolute atomic E-state index is 1.01. The van der Waals surface area contributed by atoms with Crippen molar-refractivity contribution in [2.45, 2.75) is 0 Å². The first-order valence-electron chi connectivity index (χ1n) is 1.51. The molecule has 0 radical (unpaired) electrons. The second-order valence-electron chi connectivity index (χ2n) is 0.447. The first-order valence-corrected chi connectivity index (χ1v) is 2.18. The summed E-state index contributed by atoms with van der Waals surface area (Å²) in [6.07, 6.45) is 0. The predicted molar refractivity (Wildman–Crippen MR) is 26.5 cm³/mol. The van der Waals surface area contributed by atoms with Gasteiger partial charge in [0.05, 0.1) is 4.40 Å². The molecule has 1 atom stereocenters. The van der Waals surface area contributed by atoms with E-state index < -0.39 is 10.4 Å². The molecule has 1 unspecified atom stereocenters. The maximum absolute atomic E-state index is 9.50. The lowest BCUT2D eigenvalue weighted by Crippen LogP contribution is -1.91. The van der Waals surface area contributed by atoms with E-state index in [2.05, 4.69) is 0 Å². The van der Waals surface area contributed by atoms with Crippen molar-refractivity contribution in [2.75, 3.05) is 4.40 Å². The van der Waals surface area contributed by atoms with Gasteiger partial charge in [-0.1, -0.05) is 22.6 Å². The Balaban J connectivity index is 3.26. The predicted octanol–water partition coefficient (Wildman–Crippen LogP) is 0.506. The van der Waals surface area contributed by atoms with Crippen LogP contribution >= 0.6 is 22.6 Å². The lowest BCUT2D eigenvalue weighted by atomic mass is 10.9. The molecular formula is C2H3IO2. The Morgan fingerprint density at radius 1 is 2.40 bits per heavy atom. The largest absolute Gasteiger partial charge is 0.481 e. The Bertz CT molecular complexity index is 62.6. The molecule has 0 aromatic heterocycles. The Hall–Kier alpha value is 0.200. The van der Waals surface area contributed by atoms with Crippen LogP contribution in [0.25, 0.3) is 0 Å². The third-order valence-corrected chi connectivity index (χ3v) is 0.626. The fourth-order valence-corrected chi connectivity index (χ4v) is 0. The molecule has 0 spiro atoms. The summed E-state index contributed by atoms with van der Waals surface area (Å²) in [5.41, 5.74) is 0. The van der Waals surface area contributed by atoms with Gasteiger partial charge in [-0.05, 0) is 0 Å². The van der Waals surface area contributed by atoms with Gasteiger partial charge in [0.2, 0.25) is 0 Å². The second-order valence-corrected chi connectivity index (χ2v) is 1.07. The van der Waals surface area contributed by atoms with Crippen LogP contribution in [-0.2, 0) is 4.79 Å². The summed E-state index contributed by atoms with van der Waals surface area (Å²) < 4.78 is 5.41. The number of hydrogen-bond donors (Lipinski definition) is 1. The molecule has 0 aliphatic heterocycles. The van der Waals surface area contributed by atoms with Crippen molar-refractivity contribution >= 4 is 28.6 Å². The first-order chi connectivity index (χ1) is 2.64. The van der Waals surface area contributed by atoms with E-state index in [4.69, 9.17) is 6.48 Å². The fraction of sp³-hybridized carbons (Fsp3) is 0.500. The van der Waals surface area contributed by atoms with Gasteiger partial charge < -0.3 is 5.11 Å². The van der Waals surface area contributed by atoms with E-state index in [1.165, 1.54) is 22.6 Å². The number of aliphatic carboxylic acids is 1. The topological polar surface area (TPSA) is 37.3 Å². The summed E-state index contributed by atoms with van der Waals surface area (Å²) in [7, 11) is 0. The van der Waals surface area contributed by atoms with Gasteiger partial charge in [-0.25, -0.2) is 0 Å². The first kappa shape index (κ1) is 3.39. The standard InChI is InChI=1S/C2H3IO2/c3-1-2(4)5/h1H2,(H,4,5)/i1T. The van der Waals surface area contributed by atoms with Crippen molar-refractivity contribution in [1.29, 1.82) is 0 Å². The minimum atomic E-state index is -1.09. The molecule has 3 heteroatoms. The number of carbonyl (C=O) groups is 1. The van der Waals surface area contributed by atoms with E-state index in [1.54, 1.807) is 0 Å². The fourth-order valence-electron chi connectivity index (χ4n) is 0. The number of carboxylic acids is 1. The van der Waals surface area contributed by atoms with Crippen LogP contribution in [0.2, 0.25) is 0 Å². The van der Waals surface area contributed by atoms with E-state index in [-0.39, 0.29) is 0 Å². The molecule has 0 aromatic rings. The zero-order valence-electron chi connectivity index (χ0n) is 3.31. The van der Waals surface area contributed by atoms with Gasteiger partial charge in [0.15, 0.2) is 0 Å². The number of rotatable bonds is 1. The summed E-state index contributed by atoms with van der Waals surface area (Å²) in [6, 6.07) is 0. The maximum atomic E-state index is 9.50. The normalized spacial score (nSPS) is 16.6. The second kappa shape index (κ2) is 2.44. The van der Waals surface area contributed by atoms with E-state index >= 15 is 0 Å². The van der Waals surface area contributed by atoms with Gasteiger partial charge in [-0.2, -0.15) is 0 Å². The molecule has 30 valence electrons. The van der Waals surface area contributed by atoms with Crippen molar-refractivity contribution in [3.05, 3.63) is 0 Å². The van der Waals surface area contributed by atoms with Gasteiger partial charge in [0, 0.05) is 1.37 Å². The molecule has 0 saturated carbocycles.